The minimum atomic E-state index is 0.331. The van der Waals surface area contributed by atoms with Crippen molar-refractivity contribution in [1.82, 2.24) is 15.2 Å². The zero-order valence-electron chi connectivity index (χ0n) is 14.2. The number of nitrogens with one attached hydrogen (secondary N) is 1. The zero-order chi connectivity index (χ0) is 16.7. The molecule has 0 bridgehead atoms. The highest BCUT2D eigenvalue weighted by Gasteiger charge is 2.56. The minimum Gasteiger partial charge on any atom is -0.454 e. The van der Waals surface area contributed by atoms with Gasteiger partial charge in [-0.3, -0.25) is 4.90 Å². The Bertz CT molecular complexity index is 743. The van der Waals surface area contributed by atoms with Crippen LogP contribution < -0.4 is 14.8 Å². The largest absolute Gasteiger partial charge is 0.454 e. The van der Waals surface area contributed by atoms with Gasteiger partial charge in [-0.2, -0.15) is 0 Å². The van der Waals surface area contributed by atoms with Crippen molar-refractivity contribution >= 4 is 11.3 Å². The third-order valence-corrected chi connectivity index (χ3v) is 6.62. The molecule has 132 valence electrons. The van der Waals surface area contributed by atoms with E-state index in [0.29, 0.717) is 18.2 Å². The molecule has 0 radical (unpaired) electrons. The molecule has 1 saturated heterocycles. The number of fused-ring (bicyclic) bond motifs is 1. The fourth-order valence-electron chi connectivity index (χ4n) is 4.42. The van der Waals surface area contributed by atoms with Crippen LogP contribution in [-0.4, -0.2) is 35.8 Å². The highest BCUT2D eigenvalue weighted by Crippen LogP contribution is 2.56. The first-order chi connectivity index (χ1) is 12.3. The normalized spacial score (nSPS) is 23.3. The van der Waals surface area contributed by atoms with Crippen molar-refractivity contribution in [1.29, 1.82) is 0 Å². The minimum absolute atomic E-state index is 0.331. The van der Waals surface area contributed by atoms with Gasteiger partial charge in [-0.1, -0.05) is 12.1 Å². The van der Waals surface area contributed by atoms with Crippen molar-refractivity contribution < 1.29 is 9.47 Å². The van der Waals surface area contributed by atoms with Crippen LogP contribution >= 0.6 is 11.3 Å². The number of para-hydroxylation sites is 1. The SMILES string of the molecule is c1cc(CN(Cc2nccs2)C2CC23CCNCC3)c2c(c1)OCO2. The van der Waals surface area contributed by atoms with Crippen LogP contribution in [0.1, 0.15) is 29.8 Å². The Hall–Kier alpha value is -1.63. The van der Waals surface area contributed by atoms with Gasteiger partial charge >= 0.3 is 0 Å². The van der Waals surface area contributed by atoms with Gasteiger partial charge in [-0.05, 0) is 43.8 Å². The van der Waals surface area contributed by atoms with Crippen LogP contribution in [0.15, 0.2) is 29.8 Å². The summed E-state index contributed by atoms with van der Waals surface area (Å²) < 4.78 is 11.3. The molecule has 3 heterocycles. The predicted octanol–water partition coefficient (Wildman–Crippen LogP) is 3.02. The Morgan fingerprint density at radius 2 is 2.16 bits per heavy atom. The smallest absolute Gasteiger partial charge is 0.231 e. The van der Waals surface area contributed by atoms with E-state index in [1.54, 1.807) is 11.3 Å². The number of hydrogen-bond acceptors (Lipinski definition) is 6. The molecule has 1 aliphatic carbocycles. The Morgan fingerprint density at radius 3 is 3.00 bits per heavy atom. The molecular formula is C19H23N3O2S. The number of nitrogens with zero attached hydrogens (tertiary/aromatic N) is 2. The lowest BCUT2D eigenvalue weighted by Gasteiger charge is -2.29. The van der Waals surface area contributed by atoms with Gasteiger partial charge in [-0.15, -0.1) is 11.3 Å². The molecule has 5 rings (SSSR count). The first-order valence-corrected chi connectivity index (χ1v) is 9.93. The molecule has 2 aromatic rings. The number of thiazole rings is 1. The van der Waals surface area contributed by atoms with E-state index < -0.39 is 0 Å². The maximum absolute atomic E-state index is 5.73. The number of aromatic nitrogens is 1. The molecule has 5 nitrogen and oxygen atoms in total. The number of benzene rings is 1. The summed E-state index contributed by atoms with van der Waals surface area (Å²) in [6.07, 6.45) is 5.80. The monoisotopic (exact) mass is 357 g/mol. The first-order valence-electron chi connectivity index (χ1n) is 9.05. The fraction of sp³-hybridized carbons (Fsp3) is 0.526. The van der Waals surface area contributed by atoms with Gasteiger partial charge in [-0.25, -0.2) is 4.98 Å². The van der Waals surface area contributed by atoms with Crippen LogP contribution in [0.25, 0.3) is 0 Å². The Labute approximate surface area is 152 Å². The van der Waals surface area contributed by atoms with Crippen LogP contribution in [0.5, 0.6) is 11.5 Å². The molecule has 25 heavy (non-hydrogen) atoms. The molecule has 6 heteroatoms. The molecule has 1 saturated carbocycles. The molecule has 3 aliphatic rings. The second-order valence-electron chi connectivity index (χ2n) is 7.31. The Kier molecular flexibility index (Phi) is 3.91. The van der Waals surface area contributed by atoms with E-state index in [9.17, 15) is 0 Å². The number of ether oxygens (including phenoxy) is 2. The summed E-state index contributed by atoms with van der Waals surface area (Å²) >= 11 is 1.75. The molecule has 1 aromatic carbocycles. The van der Waals surface area contributed by atoms with Gasteiger partial charge in [0, 0.05) is 29.7 Å². The van der Waals surface area contributed by atoms with Gasteiger partial charge in [0.2, 0.25) is 6.79 Å². The third-order valence-electron chi connectivity index (χ3n) is 5.86. The predicted molar refractivity (Wildman–Crippen MR) is 96.9 cm³/mol. The van der Waals surface area contributed by atoms with Gasteiger partial charge in [0.25, 0.3) is 0 Å². The molecule has 2 fully saturated rings. The summed E-state index contributed by atoms with van der Waals surface area (Å²) in [6, 6.07) is 6.87. The highest BCUT2D eigenvalue weighted by molar-refractivity contribution is 7.09. The van der Waals surface area contributed by atoms with E-state index in [1.807, 2.05) is 12.3 Å². The van der Waals surface area contributed by atoms with Crippen molar-refractivity contribution in [2.75, 3.05) is 19.9 Å². The molecular weight excluding hydrogens is 334 g/mol. The average Bonchev–Trinajstić information content (AvgIpc) is 3.03. The Morgan fingerprint density at radius 1 is 1.24 bits per heavy atom. The van der Waals surface area contributed by atoms with E-state index in [4.69, 9.17) is 9.47 Å². The average molecular weight is 357 g/mol. The van der Waals surface area contributed by atoms with Crippen molar-refractivity contribution in [3.63, 3.8) is 0 Å². The van der Waals surface area contributed by atoms with E-state index in [2.05, 4.69) is 32.7 Å². The van der Waals surface area contributed by atoms with Gasteiger partial charge < -0.3 is 14.8 Å². The lowest BCUT2D eigenvalue weighted by molar-refractivity contribution is 0.167. The molecule has 1 spiro atoms. The number of hydrogen-bond donors (Lipinski definition) is 1. The maximum Gasteiger partial charge on any atom is 0.231 e. The summed E-state index contributed by atoms with van der Waals surface area (Å²) in [6.45, 7) is 4.45. The van der Waals surface area contributed by atoms with E-state index in [-0.39, 0.29) is 0 Å². The van der Waals surface area contributed by atoms with E-state index >= 15 is 0 Å². The first kappa shape index (κ1) is 15.6. The van der Waals surface area contributed by atoms with Crippen LogP contribution in [0.3, 0.4) is 0 Å². The second-order valence-corrected chi connectivity index (χ2v) is 8.29. The van der Waals surface area contributed by atoms with E-state index in [0.717, 1.165) is 37.7 Å². The van der Waals surface area contributed by atoms with Crippen molar-refractivity contribution in [3.8, 4) is 11.5 Å². The summed E-state index contributed by atoms with van der Waals surface area (Å²) in [5.41, 5.74) is 1.74. The van der Waals surface area contributed by atoms with E-state index in [1.165, 1.54) is 29.8 Å². The molecule has 0 amide bonds. The highest BCUT2D eigenvalue weighted by atomic mass is 32.1. The second kappa shape index (κ2) is 6.27. The quantitative estimate of drug-likeness (QED) is 0.891. The standard InChI is InChI=1S/C19H23N3O2S/c1-2-14(18-15(3-1)23-13-24-18)11-22(12-17-21-8-9-25-17)16-10-19(16)4-6-20-7-5-19/h1-3,8-9,16,20H,4-7,10-13H2. The lowest BCUT2D eigenvalue weighted by Crippen LogP contribution is -2.35. The maximum atomic E-state index is 5.73. The van der Waals surface area contributed by atoms with Crippen LogP contribution in [0.4, 0.5) is 0 Å². The van der Waals surface area contributed by atoms with Gasteiger partial charge in [0.1, 0.15) is 5.01 Å². The molecule has 1 aromatic heterocycles. The summed E-state index contributed by atoms with van der Waals surface area (Å²) in [4.78, 5) is 7.13. The van der Waals surface area contributed by atoms with Crippen LogP contribution in [-0.2, 0) is 13.1 Å². The van der Waals surface area contributed by atoms with Crippen LogP contribution in [0.2, 0.25) is 0 Å². The lowest BCUT2D eigenvalue weighted by atomic mass is 9.93. The fourth-order valence-corrected chi connectivity index (χ4v) is 5.06. The summed E-state index contributed by atoms with van der Waals surface area (Å²) in [5, 5.41) is 6.77. The molecule has 1 unspecified atom stereocenters. The number of piperidine rings is 1. The molecule has 1 atom stereocenters. The van der Waals surface area contributed by atoms with Crippen molar-refractivity contribution in [2.24, 2.45) is 5.41 Å². The summed E-state index contributed by atoms with van der Waals surface area (Å²) in [5.74, 6) is 1.80. The number of rotatable bonds is 5. The van der Waals surface area contributed by atoms with Gasteiger partial charge in [0.15, 0.2) is 11.5 Å². The molecule has 1 N–H and O–H groups in total. The topological polar surface area (TPSA) is 46.6 Å². The van der Waals surface area contributed by atoms with Crippen LogP contribution in [0, 0.1) is 5.41 Å². The van der Waals surface area contributed by atoms with Crippen molar-refractivity contribution in [3.05, 3.63) is 40.3 Å². The van der Waals surface area contributed by atoms with Gasteiger partial charge in [0.05, 0.1) is 6.54 Å². The Balaban J connectivity index is 1.40. The third kappa shape index (κ3) is 2.92. The summed E-state index contributed by atoms with van der Waals surface area (Å²) in [7, 11) is 0. The zero-order valence-corrected chi connectivity index (χ0v) is 15.1. The van der Waals surface area contributed by atoms with Crippen molar-refractivity contribution in [2.45, 2.75) is 38.4 Å². The molecule has 2 aliphatic heterocycles.